The second-order valence-electron chi connectivity index (χ2n) is 10.4. The number of benzene rings is 1. The number of nitrogens with two attached hydrogens (primary N) is 1. The first-order chi connectivity index (χ1) is 17.9. The number of aliphatic hydroxyl groups is 1. The summed E-state index contributed by atoms with van der Waals surface area (Å²) in [5.41, 5.74) is 4.19. The van der Waals surface area contributed by atoms with Crippen LogP contribution >= 0.6 is 12.4 Å². The molecule has 2 rings (SSSR count). The van der Waals surface area contributed by atoms with Crippen LogP contribution in [0.15, 0.2) is 24.3 Å². The summed E-state index contributed by atoms with van der Waals surface area (Å²) in [6.45, 7) is 4.92. The van der Waals surface area contributed by atoms with E-state index in [9.17, 15) is 27.9 Å². The number of unbranched alkanes of at least 4 members (excludes halogenated alkanes) is 1. The number of carbonyl (C=O) groups is 2. The van der Waals surface area contributed by atoms with Gasteiger partial charge in [-0.15, -0.1) is 12.4 Å². The van der Waals surface area contributed by atoms with Gasteiger partial charge in [-0.05, 0) is 56.1 Å². The highest BCUT2D eigenvalue weighted by atomic mass is 35.5. The third kappa shape index (κ3) is 9.81. The van der Waals surface area contributed by atoms with Crippen LogP contribution in [0.25, 0.3) is 0 Å². The normalized spacial score (nSPS) is 16.8. The Labute approximate surface area is 235 Å². The molecular formula is C27H43ClF3N3O5. The lowest BCUT2D eigenvalue weighted by molar-refractivity contribution is -0.243. The smallest absolute Gasteiger partial charge is 0.403 e. The van der Waals surface area contributed by atoms with E-state index in [1.807, 2.05) is 13.8 Å². The fraction of sp³-hybridized carbons (Fsp3) is 0.704. The molecule has 0 unspecified atom stereocenters. The average molecular weight is 582 g/mol. The van der Waals surface area contributed by atoms with E-state index in [-0.39, 0.29) is 56.1 Å². The minimum atomic E-state index is -4.63. The van der Waals surface area contributed by atoms with Crippen molar-refractivity contribution in [3.05, 3.63) is 29.8 Å². The van der Waals surface area contributed by atoms with E-state index in [1.165, 1.54) is 0 Å². The molecule has 224 valence electrons. The highest BCUT2D eigenvalue weighted by molar-refractivity contribution is 5.96. The van der Waals surface area contributed by atoms with Gasteiger partial charge in [0, 0.05) is 32.8 Å². The first-order valence-corrected chi connectivity index (χ1v) is 13.2. The second kappa shape index (κ2) is 16.2. The minimum Gasteiger partial charge on any atom is -0.493 e. The zero-order valence-corrected chi connectivity index (χ0v) is 23.7. The van der Waals surface area contributed by atoms with Crippen LogP contribution in [0.1, 0.15) is 62.7 Å². The van der Waals surface area contributed by atoms with Crippen LogP contribution < -0.4 is 21.1 Å². The summed E-state index contributed by atoms with van der Waals surface area (Å²) < 4.78 is 50.9. The van der Waals surface area contributed by atoms with Gasteiger partial charge >= 0.3 is 6.18 Å². The van der Waals surface area contributed by atoms with Gasteiger partial charge in [0.05, 0.1) is 18.3 Å². The maximum absolute atomic E-state index is 13.4. The molecule has 2 amide bonds. The monoisotopic (exact) mass is 581 g/mol. The molecule has 0 saturated heterocycles. The van der Waals surface area contributed by atoms with Crippen LogP contribution in [0.3, 0.4) is 0 Å². The summed E-state index contributed by atoms with van der Waals surface area (Å²) in [5, 5.41) is 15.6. The number of nitrogens with one attached hydrogen (secondary N) is 2. The lowest BCUT2D eigenvalue weighted by Gasteiger charge is -2.41. The second-order valence-corrected chi connectivity index (χ2v) is 10.4. The summed E-state index contributed by atoms with van der Waals surface area (Å²) in [4.78, 5) is 25.2. The molecule has 0 radical (unpaired) electrons. The molecule has 8 nitrogen and oxygen atoms in total. The molecule has 1 saturated carbocycles. The van der Waals surface area contributed by atoms with E-state index in [0.717, 1.165) is 12.8 Å². The van der Waals surface area contributed by atoms with E-state index in [0.29, 0.717) is 37.4 Å². The van der Waals surface area contributed by atoms with Gasteiger partial charge in [-0.3, -0.25) is 9.59 Å². The van der Waals surface area contributed by atoms with E-state index in [2.05, 4.69) is 10.6 Å². The first-order valence-electron chi connectivity index (χ1n) is 13.2. The molecule has 1 fully saturated rings. The highest BCUT2D eigenvalue weighted by Crippen LogP contribution is 2.53. The standard InChI is InChI=1S/C27H42F3N3O5.ClH/c1-18(2)19(15-21(31)22(34)17-33-25(36)26(11-8-12-26)27(28,29)30)16-32-24(35)20-9-4-5-10-23(20)38-14-7-6-13-37-3;/h4-5,9-10,18-19,21-22,34H,6-8,11-17,31H2,1-3H3,(H,32,35)(H,33,36);1H/t19-,21+,22+;/m1./s1. The maximum atomic E-state index is 13.4. The van der Waals surface area contributed by atoms with Crippen LogP contribution in [0.4, 0.5) is 13.2 Å². The summed E-state index contributed by atoms with van der Waals surface area (Å²) in [5.74, 6) is -0.958. The highest BCUT2D eigenvalue weighted by Gasteiger charge is 2.63. The van der Waals surface area contributed by atoms with Gasteiger partial charge in [-0.1, -0.05) is 32.4 Å². The number of alkyl halides is 3. The number of methoxy groups -OCH3 is 1. The maximum Gasteiger partial charge on any atom is 0.403 e. The van der Waals surface area contributed by atoms with Gasteiger partial charge in [0.2, 0.25) is 5.91 Å². The van der Waals surface area contributed by atoms with Gasteiger partial charge in [0.25, 0.3) is 5.91 Å². The molecule has 1 aromatic carbocycles. The van der Waals surface area contributed by atoms with Gasteiger partial charge in [-0.25, -0.2) is 0 Å². The number of amides is 2. The lowest BCUT2D eigenvalue weighted by Crippen LogP contribution is -2.57. The Morgan fingerprint density at radius 2 is 1.74 bits per heavy atom. The molecule has 5 N–H and O–H groups in total. The lowest BCUT2D eigenvalue weighted by atomic mass is 9.67. The number of para-hydroxylation sites is 1. The molecule has 39 heavy (non-hydrogen) atoms. The summed E-state index contributed by atoms with van der Waals surface area (Å²) in [6.07, 6.45) is -4.08. The fourth-order valence-corrected chi connectivity index (χ4v) is 4.41. The van der Waals surface area contributed by atoms with Crippen LogP contribution in [-0.4, -0.2) is 68.7 Å². The molecule has 3 atom stereocenters. The zero-order valence-electron chi connectivity index (χ0n) is 22.9. The number of ether oxygens (including phenoxy) is 2. The number of carbonyl (C=O) groups excluding carboxylic acids is 2. The van der Waals surface area contributed by atoms with Crippen LogP contribution in [0.2, 0.25) is 0 Å². The SMILES string of the molecule is COCCCCOc1ccccc1C(=O)NC[C@@H](C[C@H](N)[C@@H](O)CNC(=O)C1(C(F)(F)F)CCC1)C(C)C.Cl. The predicted octanol–water partition coefficient (Wildman–Crippen LogP) is 3.84. The fourth-order valence-electron chi connectivity index (χ4n) is 4.41. The van der Waals surface area contributed by atoms with E-state index in [1.54, 1.807) is 31.4 Å². The molecule has 0 bridgehead atoms. The predicted molar refractivity (Wildman–Crippen MR) is 145 cm³/mol. The number of hydrogen-bond acceptors (Lipinski definition) is 6. The Morgan fingerprint density at radius 3 is 2.31 bits per heavy atom. The molecule has 0 spiro atoms. The summed E-state index contributed by atoms with van der Waals surface area (Å²) in [7, 11) is 1.64. The largest absolute Gasteiger partial charge is 0.493 e. The zero-order chi connectivity index (χ0) is 28.3. The molecule has 0 aromatic heterocycles. The molecule has 0 aliphatic heterocycles. The van der Waals surface area contributed by atoms with Crippen LogP contribution in [0.5, 0.6) is 5.75 Å². The number of hydrogen-bond donors (Lipinski definition) is 4. The van der Waals surface area contributed by atoms with Crippen LogP contribution in [-0.2, 0) is 9.53 Å². The first kappa shape index (κ1) is 34.9. The van der Waals surface area contributed by atoms with Gasteiger partial charge in [0.15, 0.2) is 0 Å². The molecule has 1 aliphatic rings. The third-order valence-electron chi connectivity index (χ3n) is 7.32. The van der Waals surface area contributed by atoms with E-state index < -0.39 is 29.6 Å². The van der Waals surface area contributed by atoms with Gasteiger partial charge < -0.3 is 30.9 Å². The molecule has 1 aromatic rings. The molecule has 1 aliphatic carbocycles. The van der Waals surface area contributed by atoms with E-state index >= 15 is 0 Å². The summed E-state index contributed by atoms with van der Waals surface area (Å²) in [6, 6.07) is 6.15. The Balaban J connectivity index is 0.00000760. The quantitative estimate of drug-likeness (QED) is 0.220. The minimum absolute atomic E-state index is 0. The van der Waals surface area contributed by atoms with Crippen molar-refractivity contribution in [2.45, 2.75) is 70.7 Å². The molecule has 0 heterocycles. The molecule has 12 heteroatoms. The average Bonchev–Trinajstić information content (AvgIpc) is 2.82. The van der Waals surface area contributed by atoms with Crippen molar-refractivity contribution in [3.8, 4) is 5.75 Å². The number of halogens is 4. The Hall–Kier alpha value is -2.08. The third-order valence-corrected chi connectivity index (χ3v) is 7.32. The van der Waals surface area contributed by atoms with Crippen molar-refractivity contribution in [3.63, 3.8) is 0 Å². The van der Waals surface area contributed by atoms with Crippen molar-refractivity contribution in [2.24, 2.45) is 23.0 Å². The summed E-state index contributed by atoms with van der Waals surface area (Å²) >= 11 is 0. The van der Waals surface area contributed by atoms with Crippen molar-refractivity contribution >= 4 is 24.2 Å². The topological polar surface area (TPSA) is 123 Å². The van der Waals surface area contributed by atoms with Crippen molar-refractivity contribution < 1.29 is 37.3 Å². The Kier molecular flexibility index (Phi) is 14.6. The molecular weight excluding hydrogens is 539 g/mol. The van der Waals surface area contributed by atoms with Crippen molar-refractivity contribution in [1.82, 2.24) is 10.6 Å². The number of rotatable bonds is 16. The Morgan fingerprint density at radius 1 is 1.10 bits per heavy atom. The number of aliphatic hydroxyl groups excluding tert-OH is 1. The van der Waals surface area contributed by atoms with Gasteiger partial charge in [-0.2, -0.15) is 13.2 Å². The van der Waals surface area contributed by atoms with Gasteiger partial charge in [0.1, 0.15) is 11.2 Å². The Bertz CT molecular complexity index is 900. The van der Waals surface area contributed by atoms with E-state index in [4.69, 9.17) is 15.2 Å². The van der Waals surface area contributed by atoms with Crippen molar-refractivity contribution in [1.29, 1.82) is 0 Å². The van der Waals surface area contributed by atoms with Crippen LogP contribution in [0, 0.1) is 17.3 Å². The van der Waals surface area contributed by atoms with Crippen molar-refractivity contribution in [2.75, 3.05) is 33.4 Å².